The van der Waals surface area contributed by atoms with E-state index >= 15 is 0 Å². The van der Waals surface area contributed by atoms with Crippen LogP contribution in [0.1, 0.15) is 0 Å². The molecule has 0 rings (SSSR count). The summed E-state index contributed by atoms with van der Waals surface area (Å²) in [5.74, 6) is 0. The Morgan fingerprint density at radius 2 is 0.952 bits per heavy atom. The van der Waals surface area contributed by atoms with Crippen LogP contribution >= 0.6 is 0 Å². The molecule has 14 heteroatoms. The molecule has 0 unspecified atom stereocenters. The lowest BCUT2D eigenvalue weighted by Crippen LogP contribution is -2.46. The minimum atomic E-state index is -4.41. The summed E-state index contributed by atoms with van der Waals surface area (Å²) in [5.41, 5.74) is 0. The monoisotopic (exact) mass is 371 g/mol. The third-order valence-corrected chi connectivity index (χ3v) is 6.46. The Morgan fingerprint density at radius 1 is 0.762 bits per heavy atom. The molecule has 11 nitrogen and oxygen atoms in total. The van der Waals surface area contributed by atoms with Gasteiger partial charge in [-0.3, -0.25) is 4.18 Å². The van der Waals surface area contributed by atoms with Crippen LogP contribution in [0, 0.1) is 0 Å². The zero-order valence-electron chi connectivity index (χ0n) is 12.8. The van der Waals surface area contributed by atoms with E-state index in [0.717, 1.165) is 7.11 Å². The fraction of sp³-hybridized carbons (Fsp3) is 1.00. The van der Waals surface area contributed by atoms with Crippen LogP contribution < -0.4 is 0 Å². The SMILES string of the molecule is COS(=O)(=O)[O-].C[N+](C)(C)S(=O)(=O)[N-]S(=O)(=O)[N+](C)(C)C. The van der Waals surface area contributed by atoms with E-state index in [-0.39, 0.29) is 0 Å². The van der Waals surface area contributed by atoms with Crippen LogP contribution in [0.4, 0.5) is 0 Å². The van der Waals surface area contributed by atoms with E-state index < -0.39 is 38.6 Å². The van der Waals surface area contributed by atoms with Crippen molar-refractivity contribution in [3.8, 4) is 0 Å². The number of quaternary nitrogens is 2. The van der Waals surface area contributed by atoms with E-state index in [9.17, 15) is 29.8 Å². The third kappa shape index (κ3) is 8.62. The Hall–Kier alpha value is -0.350. The molecule has 0 bridgehead atoms. The summed E-state index contributed by atoms with van der Waals surface area (Å²) in [6.07, 6.45) is 0. The fourth-order valence-electron chi connectivity index (χ4n) is 0.319. The zero-order chi connectivity index (χ0) is 17.9. The molecular weight excluding hydrogens is 350 g/mol. The lowest BCUT2D eigenvalue weighted by atomic mass is 11.0. The van der Waals surface area contributed by atoms with Gasteiger partial charge in [-0.25, -0.2) is 16.2 Å². The van der Waals surface area contributed by atoms with Crippen LogP contribution in [0.25, 0.3) is 4.13 Å². The molecular formula is C7H21N3O8S3. The van der Waals surface area contributed by atoms with Crippen molar-refractivity contribution in [1.29, 1.82) is 0 Å². The molecule has 0 aliphatic heterocycles. The van der Waals surface area contributed by atoms with E-state index in [1.807, 2.05) is 0 Å². The van der Waals surface area contributed by atoms with Crippen LogP contribution in [0.15, 0.2) is 0 Å². The van der Waals surface area contributed by atoms with Gasteiger partial charge < -0.3 is 8.68 Å². The van der Waals surface area contributed by atoms with Crippen molar-refractivity contribution >= 4 is 30.8 Å². The van der Waals surface area contributed by atoms with E-state index in [4.69, 9.17) is 0 Å². The standard InChI is InChI=1S/C6H18N3O4S2.CH4O4S/c1-8(2,3)14(10,11)7-15(12,13)9(4,5)6;1-5-6(2,3)4/h1-6H3;1H3,(H,2,3,4)/q+1;/p-1. The molecule has 0 radical (unpaired) electrons. The molecule has 0 aliphatic carbocycles. The molecule has 0 amide bonds. The minimum Gasteiger partial charge on any atom is -0.726 e. The van der Waals surface area contributed by atoms with Crippen molar-refractivity contribution in [2.24, 2.45) is 0 Å². The summed E-state index contributed by atoms with van der Waals surface area (Å²) in [4.78, 5) is 0. The molecule has 0 aliphatic rings. The normalized spacial score (nSPS) is 14.3. The van der Waals surface area contributed by atoms with Gasteiger partial charge in [-0.05, 0) is 0 Å². The molecule has 0 aromatic carbocycles. The lowest BCUT2D eigenvalue weighted by Gasteiger charge is -2.35. The Labute approximate surface area is 126 Å². The fourth-order valence-corrected chi connectivity index (χ4v) is 2.87. The molecule has 0 atom stereocenters. The average molecular weight is 371 g/mol. The van der Waals surface area contributed by atoms with Gasteiger partial charge >= 0.3 is 0 Å². The second kappa shape index (κ2) is 6.82. The Morgan fingerprint density at radius 3 is 1.05 bits per heavy atom. The predicted molar refractivity (Wildman–Crippen MR) is 74.0 cm³/mol. The molecule has 0 N–H and O–H groups in total. The van der Waals surface area contributed by atoms with Crippen LogP contribution in [0.3, 0.4) is 0 Å². The lowest BCUT2D eigenvalue weighted by molar-refractivity contribution is -0.741. The highest BCUT2D eigenvalue weighted by Gasteiger charge is 2.29. The van der Waals surface area contributed by atoms with Gasteiger partial charge in [-0.15, -0.1) is 0 Å². The highest BCUT2D eigenvalue weighted by molar-refractivity contribution is 8.07. The van der Waals surface area contributed by atoms with E-state index in [1.165, 1.54) is 42.3 Å². The van der Waals surface area contributed by atoms with Crippen LogP contribution in [0.5, 0.6) is 0 Å². The van der Waals surface area contributed by atoms with Crippen molar-refractivity contribution in [1.82, 2.24) is 0 Å². The van der Waals surface area contributed by atoms with Crippen LogP contribution in [-0.4, -0.2) is 87.0 Å². The first-order chi connectivity index (χ1) is 8.77. The van der Waals surface area contributed by atoms with E-state index in [1.54, 1.807) is 0 Å². The number of nitrogens with zero attached hydrogens (tertiary/aromatic N) is 3. The largest absolute Gasteiger partial charge is 0.726 e. The number of hydrogen-bond acceptors (Lipinski definition) is 8. The third-order valence-electron chi connectivity index (χ3n) is 1.78. The molecule has 0 aromatic rings. The minimum absolute atomic E-state index is 0.563. The summed E-state index contributed by atoms with van der Waals surface area (Å²) in [6.45, 7) is 0. The summed E-state index contributed by atoms with van der Waals surface area (Å²) in [6, 6.07) is 0. The smallest absolute Gasteiger partial charge is 0.238 e. The predicted octanol–water partition coefficient (Wildman–Crippen LogP) is -1.64. The maximum absolute atomic E-state index is 11.5. The summed E-state index contributed by atoms with van der Waals surface area (Å²) in [5, 5.41) is 0. The Balaban J connectivity index is 0. The first-order valence-electron chi connectivity index (χ1n) is 5.16. The van der Waals surface area contributed by atoms with Crippen molar-refractivity contribution in [2.45, 2.75) is 0 Å². The topological polar surface area (TPSA) is 149 Å². The van der Waals surface area contributed by atoms with Gasteiger partial charge in [0.25, 0.3) is 0 Å². The van der Waals surface area contributed by atoms with Crippen molar-refractivity contribution in [3.05, 3.63) is 4.13 Å². The summed E-state index contributed by atoms with van der Waals surface area (Å²) >= 11 is 0. The van der Waals surface area contributed by atoms with Crippen molar-refractivity contribution in [2.75, 3.05) is 49.4 Å². The highest BCUT2D eigenvalue weighted by Crippen LogP contribution is 2.21. The average Bonchev–Trinajstić information content (AvgIpc) is 2.12. The van der Waals surface area contributed by atoms with Gasteiger partial charge in [-0.2, -0.15) is 16.8 Å². The van der Waals surface area contributed by atoms with Gasteiger partial charge in [0.2, 0.25) is 30.8 Å². The maximum Gasteiger partial charge on any atom is 0.238 e. The van der Waals surface area contributed by atoms with Crippen LogP contribution in [0.2, 0.25) is 0 Å². The second-order valence-corrected chi connectivity index (χ2v) is 11.1. The first-order valence-corrected chi connectivity index (χ1v) is 9.28. The van der Waals surface area contributed by atoms with Gasteiger partial charge in [0.1, 0.15) is 0 Å². The first kappa shape index (κ1) is 22.9. The quantitative estimate of drug-likeness (QED) is 0.317. The van der Waals surface area contributed by atoms with E-state index in [2.05, 4.69) is 8.31 Å². The maximum atomic E-state index is 11.5. The zero-order valence-corrected chi connectivity index (χ0v) is 15.3. The van der Waals surface area contributed by atoms with Gasteiger partial charge in [-0.1, -0.05) is 0 Å². The molecule has 21 heavy (non-hydrogen) atoms. The van der Waals surface area contributed by atoms with Gasteiger partial charge in [0, 0.05) is 0 Å². The number of rotatable bonds is 5. The molecule has 0 spiro atoms. The highest BCUT2D eigenvalue weighted by atomic mass is 32.3. The van der Waals surface area contributed by atoms with Gasteiger partial charge in [0.15, 0.2) is 0 Å². The molecule has 130 valence electrons. The Bertz CT molecular complexity index is 594. The Kier molecular flexibility index (Phi) is 7.45. The molecule has 0 saturated carbocycles. The molecule has 0 aromatic heterocycles. The van der Waals surface area contributed by atoms with Crippen molar-refractivity contribution < 1.29 is 41.8 Å². The molecule has 0 heterocycles. The van der Waals surface area contributed by atoms with Gasteiger partial charge in [0.05, 0.1) is 49.4 Å². The van der Waals surface area contributed by atoms with Crippen molar-refractivity contribution in [3.63, 3.8) is 0 Å². The van der Waals surface area contributed by atoms with Crippen LogP contribution in [-0.2, 0) is 35.0 Å². The summed E-state index contributed by atoms with van der Waals surface area (Å²) in [7, 11) is -3.74. The summed E-state index contributed by atoms with van der Waals surface area (Å²) < 4.78 is 79.0. The number of hydrogen-bond donors (Lipinski definition) is 0. The molecule has 0 fully saturated rings. The van der Waals surface area contributed by atoms with E-state index in [0.29, 0.717) is 0 Å². The second-order valence-electron chi connectivity index (χ2n) is 5.32. The molecule has 0 saturated heterocycles.